The summed E-state index contributed by atoms with van der Waals surface area (Å²) in [6, 6.07) is 7.43. The molecule has 0 bridgehead atoms. The first-order valence-electron chi connectivity index (χ1n) is 9.74. The molecular formula is C20H27ClN6O2. The summed E-state index contributed by atoms with van der Waals surface area (Å²) in [6.45, 7) is 7.25. The second kappa shape index (κ2) is 9.76. The average Bonchev–Trinajstić information content (AvgIpc) is 3.15. The molecule has 29 heavy (non-hydrogen) atoms. The van der Waals surface area contributed by atoms with Gasteiger partial charge in [-0.3, -0.25) is 9.69 Å². The van der Waals surface area contributed by atoms with Crippen LogP contribution in [-0.2, 0) is 11.3 Å². The van der Waals surface area contributed by atoms with Crippen LogP contribution in [0.3, 0.4) is 0 Å². The number of nitrogens with zero attached hydrogens (tertiary/aromatic N) is 4. The monoisotopic (exact) mass is 418 g/mol. The van der Waals surface area contributed by atoms with Crippen molar-refractivity contribution in [3.8, 4) is 5.69 Å². The summed E-state index contributed by atoms with van der Waals surface area (Å²) in [5, 5.41) is 10.8. The number of hydrogen-bond donors (Lipinski definition) is 2. The number of carbonyl (C=O) groups is 2. The lowest BCUT2D eigenvalue weighted by molar-refractivity contribution is -0.123. The van der Waals surface area contributed by atoms with E-state index in [2.05, 4.69) is 20.6 Å². The second-order valence-corrected chi connectivity index (χ2v) is 7.85. The predicted octanol–water partition coefficient (Wildman–Crippen LogP) is 1.88. The van der Waals surface area contributed by atoms with Crippen LogP contribution >= 0.6 is 11.6 Å². The minimum atomic E-state index is -0.101. The SMILES string of the molecule is CC(C)NC(=O)CN1CCN(C(=O)NCc2cnn(-c3ccc(Cl)cc3)c2)CC1. The van der Waals surface area contributed by atoms with Gasteiger partial charge in [-0.2, -0.15) is 5.10 Å². The fourth-order valence-corrected chi connectivity index (χ4v) is 3.28. The van der Waals surface area contributed by atoms with Crippen LogP contribution in [0.1, 0.15) is 19.4 Å². The molecule has 9 heteroatoms. The van der Waals surface area contributed by atoms with Gasteiger partial charge in [-0.25, -0.2) is 9.48 Å². The number of rotatable bonds is 6. The molecule has 2 heterocycles. The Morgan fingerprint density at radius 2 is 1.83 bits per heavy atom. The molecule has 3 amide bonds. The minimum absolute atomic E-state index is 0.0237. The fourth-order valence-electron chi connectivity index (χ4n) is 3.16. The summed E-state index contributed by atoms with van der Waals surface area (Å²) in [5.74, 6) is 0.0237. The Hall–Kier alpha value is -2.58. The zero-order valence-corrected chi connectivity index (χ0v) is 17.5. The van der Waals surface area contributed by atoms with Gasteiger partial charge in [0.1, 0.15) is 0 Å². The molecule has 1 saturated heterocycles. The van der Waals surface area contributed by atoms with E-state index in [1.165, 1.54) is 0 Å². The maximum Gasteiger partial charge on any atom is 0.317 e. The van der Waals surface area contributed by atoms with Crippen LogP contribution in [-0.4, -0.2) is 70.3 Å². The highest BCUT2D eigenvalue weighted by molar-refractivity contribution is 6.30. The van der Waals surface area contributed by atoms with E-state index >= 15 is 0 Å². The Kier molecular flexibility index (Phi) is 7.11. The van der Waals surface area contributed by atoms with Gasteiger partial charge in [0.15, 0.2) is 0 Å². The van der Waals surface area contributed by atoms with Crippen molar-refractivity contribution in [3.63, 3.8) is 0 Å². The van der Waals surface area contributed by atoms with E-state index < -0.39 is 0 Å². The molecule has 2 aromatic rings. The van der Waals surface area contributed by atoms with Gasteiger partial charge in [-0.1, -0.05) is 11.6 Å². The number of carbonyl (C=O) groups excluding carboxylic acids is 2. The molecule has 1 aliphatic heterocycles. The number of hydrogen-bond acceptors (Lipinski definition) is 4. The maximum absolute atomic E-state index is 12.4. The number of aromatic nitrogens is 2. The Bertz CT molecular complexity index is 828. The molecule has 2 N–H and O–H groups in total. The molecule has 1 fully saturated rings. The summed E-state index contributed by atoms with van der Waals surface area (Å²) in [5.41, 5.74) is 1.82. The van der Waals surface area contributed by atoms with Crippen molar-refractivity contribution in [1.29, 1.82) is 0 Å². The van der Waals surface area contributed by atoms with E-state index in [-0.39, 0.29) is 18.0 Å². The Morgan fingerprint density at radius 3 is 2.48 bits per heavy atom. The molecule has 8 nitrogen and oxygen atoms in total. The van der Waals surface area contributed by atoms with Crippen molar-refractivity contribution in [2.24, 2.45) is 0 Å². The average molecular weight is 419 g/mol. The molecule has 0 spiro atoms. The third-order valence-electron chi connectivity index (χ3n) is 4.65. The van der Waals surface area contributed by atoms with Crippen LogP contribution in [0.15, 0.2) is 36.7 Å². The van der Waals surface area contributed by atoms with Crippen LogP contribution in [0.2, 0.25) is 5.02 Å². The number of halogens is 1. The zero-order valence-electron chi connectivity index (χ0n) is 16.8. The number of amides is 3. The van der Waals surface area contributed by atoms with Crippen molar-refractivity contribution in [2.75, 3.05) is 32.7 Å². The third kappa shape index (κ3) is 6.20. The first kappa shape index (κ1) is 21.1. The van der Waals surface area contributed by atoms with Gasteiger partial charge in [0.2, 0.25) is 5.91 Å². The lowest BCUT2D eigenvalue weighted by Crippen LogP contribution is -2.53. The molecule has 0 aliphatic carbocycles. The van der Waals surface area contributed by atoms with E-state index in [1.54, 1.807) is 15.8 Å². The molecule has 0 radical (unpaired) electrons. The summed E-state index contributed by atoms with van der Waals surface area (Å²) >= 11 is 5.91. The Morgan fingerprint density at radius 1 is 1.14 bits per heavy atom. The van der Waals surface area contributed by atoms with Crippen molar-refractivity contribution in [2.45, 2.75) is 26.4 Å². The number of benzene rings is 1. The van der Waals surface area contributed by atoms with E-state index in [0.29, 0.717) is 44.3 Å². The predicted molar refractivity (Wildman–Crippen MR) is 112 cm³/mol. The molecule has 3 rings (SSSR count). The van der Waals surface area contributed by atoms with E-state index in [4.69, 9.17) is 11.6 Å². The molecule has 0 unspecified atom stereocenters. The van der Waals surface area contributed by atoms with Gasteiger partial charge < -0.3 is 15.5 Å². The van der Waals surface area contributed by atoms with Crippen LogP contribution in [0, 0.1) is 0 Å². The van der Waals surface area contributed by atoms with Gasteiger partial charge in [0, 0.05) is 55.5 Å². The van der Waals surface area contributed by atoms with Crippen LogP contribution in [0.5, 0.6) is 0 Å². The van der Waals surface area contributed by atoms with Crippen LogP contribution in [0.4, 0.5) is 4.79 Å². The maximum atomic E-state index is 12.4. The largest absolute Gasteiger partial charge is 0.353 e. The highest BCUT2D eigenvalue weighted by atomic mass is 35.5. The van der Waals surface area contributed by atoms with Crippen LogP contribution < -0.4 is 10.6 Å². The second-order valence-electron chi connectivity index (χ2n) is 7.41. The Labute approximate surface area is 175 Å². The fraction of sp³-hybridized carbons (Fsp3) is 0.450. The molecular weight excluding hydrogens is 392 g/mol. The molecule has 1 aliphatic rings. The van der Waals surface area contributed by atoms with Crippen LogP contribution in [0.25, 0.3) is 5.69 Å². The highest BCUT2D eigenvalue weighted by Crippen LogP contribution is 2.13. The minimum Gasteiger partial charge on any atom is -0.353 e. The van der Waals surface area contributed by atoms with Gasteiger partial charge in [-0.15, -0.1) is 0 Å². The molecule has 1 aromatic heterocycles. The van der Waals surface area contributed by atoms with Gasteiger partial charge in [0.25, 0.3) is 0 Å². The number of piperazine rings is 1. The van der Waals surface area contributed by atoms with Gasteiger partial charge >= 0.3 is 6.03 Å². The first-order valence-corrected chi connectivity index (χ1v) is 10.1. The van der Waals surface area contributed by atoms with E-state index in [0.717, 1.165) is 11.3 Å². The number of urea groups is 1. The van der Waals surface area contributed by atoms with Crippen molar-refractivity contribution in [3.05, 3.63) is 47.2 Å². The Balaban J connectivity index is 1.42. The normalized spacial score (nSPS) is 14.8. The summed E-state index contributed by atoms with van der Waals surface area (Å²) in [4.78, 5) is 28.1. The van der Waals surface area contributed by atoms with Crippen molar-refractivity contribution < 1.29 is 9.59 Å². The van der Waals surface area contributed by atoms with Crippen molar-refractivity contribution in [1.82, 2.24) is 30.2 Å². The first-order chi connectivity index (χ1) is 13.9. The smallest absolute Gasteiger partial charge is 0.317 e. The van der Waals surface area contributed by atoms with E-state index in [1.807, 2.05) is 44.3 Å². The molecule has 156 valence electrons. The molecule has 1 aromatic carbocycles. The lowest BCUT2D eigenvalue weighted by Gasteiger charge is -2.34. The lowest BCUT2D eigenvalue weighted by atomic mass is 10.3. The van der Waals surface area contributed by atoms with Gasteiger partial charge in [0.05, 0.1) is 18.4 Å². The van der Waals surface area contributed by atoms with Gasteiger partial charge in [-0.05, 0) is 38.1 Å². The topological polar surface area (TPSA) is 82.5 Å². The van der Waals surface area contributed by atoms with E-state index in [9.17, 15) is 9.59 Å². The zero-order chi connectivity index (χ0) is 20.8. The summed E-state index contributed by atoms with van der Waals surface area (Å²) in [6.07, 6.45) is 3.62. The highest BCUT2D eigenvalue weighted by Gasteiger charge is 2.22. The quantitative estimate of drug-likeness (QED) is 0.750. The summed E-state index contributed by atoms with van der Waals surface area (Å²) < 4.78 is 1.75. The summed E-state index contributed by atoms with van der Waals surface area (Å²) in [7, 11) is 0. The standard InChI is InChI=1S/C20H27ClN6O2/c1-15(2)24-19(28)14-25-7-9-26(10-8-25)20(29)22-11-16-12-23-27(13-16)18-5-3-17(21)4-6-18/h3-6,12-13,15H,7-11,14H2,1-2H3,(H,22,29)(H,24,28). The number of nitrogens with one attached hydrogen (secondary N) is 2. The third-order valence-corrected chi connectivity index (χ3v) is 4.90. The molecule has 0 atom stereocenters. The van der Waals surface area contributed by atoms with Crippen molar-refractivity contribution >= 4 is 23.5 Å². The molecule has 0 saturated carbocycles.